The van der Waals surface area contributed by atoms with Gasteiger partial charge in [-0.3, -0.25) is 9.59 Å². The molecule has 0 aliphatic rings. The van der Waals surface area contributed by atoms with Gasteiger partial charge in [-0.2, -0.15) is 0 Å². The molecule has 1 unspecified atom stereocenters. The molecule has 52 heavy (non-hydrogen) atoms. The first-order chi connectivity index (χ1) is 25.6. The maximum Gasteiger partial charge on any atom is 0.306 e. The van der Waals surface area contributed by atoms with Crippen molar-refractivity contribution in [2.45, 2.75) is 207 Å². The van der Waals surface area contributed by atoms with E-state index in [1.54, 1.807) is 0 Å². The third-order valence-electron chi connectivity index (χ3n) is 9.04. The van der Waals surface area contributed by atoms with Gasteiger partial charge in [0.1, 0.15) is 6.61 Å². The number of allylic oxidation sites excluding steroid dienone is 10. The molecule has 5 heteroatoms. The van der Waals surface area contributed by atoms with Crippen LogP contribution in [0.5, 0.6) is 0 Å². The predicted molar refractivity (Wildman–Crippen MR) is 224 cm³/mol. The Labute approximate surface area is 322 Å². The molecular weight excluding hydrogens is 645 g/mol. The van der Waals surface area contributed by atoms with Crippen LogP contribution < -0.4 is 0 Å². The van der Waals surface area contributed by atoms with Gasteiger partial charge in [-0.25, -0.2) is 0 Å². The number of hydrogen-bond donors (Lipinski definition) is 0. The molecule has 0 aliphatic heterocycles. The highest BCUT2D eigenvalue weighted by Crippen LogP contribution is 2.12. The maximum absolute atomic E-state index is 12.6. The average molecular weight is 727 g/mol. The summed E-state index contributed by atoms with van der Waals surface area (Å²) in [5.41, 5.74) is 0. The van der Waals surface area contributed by atoms with Crippen LogP contribution in [-0.2, 0) is 23.8 Å². The van der Waals surface area contributed by atoms with Crippen LogP contribution in [0.15, 0.2) is 60.8 Å². The first kappa shape index (κ1) is 49.6. The topological polar surface area (TPSA) is 61.8 Å². The summed E-state index contributed by atoms with van der Waals surface area (Å²) in [7, 11) is 0. The van der Waals surface area contributed by atoms with Gasteiger partial charge in [0.2, 0.25) is 0 Å². The number of carbonyl (C=O) groups excluding carboxylic acids is 2. The molecule has 0 aromatic carbocycles. The number of ether oxygens (including phenoxy) is 3. The lowest BCUT2D eigenvalue weighted by Gasteiger charge is -2.18. The minimum atomic E-state index is -0.551. The molecule has 0 N–H and O–H groups in total. The molecule has 1 atom stereocenters. The first-order valence-electron chi connectivity index (χ1n) is 21.8. The van der Waals surface area contributed by atoms with Crippen LogP contribution in [0.4, 0.5) is 0 Å². The lowest BCUT2D eigenvalue weighted by Crippen LogP contribution is -2.30. The predicted octanol–water partition coefficient (Wildman–Crippen LogP) is 14.2. The Bertz CT molecular complexity index is 915. The Balaban J connectivity index is 4.25. The molecule has 300 valence electrons. The van der Waals surface area contributed by atoms with E-state index in [-0.39, 0.29) is 25.2 Å². The summed E-state index contributed by atoms with van der Waals surface area (Å²) < 4.78 is 17.2. The number of hydrogen-bond acceptors (Lipinski definition) is 5. The molecule has 0 heterocycles. The number of rotatable bonds is 39. The second kappa shape index (κ2) is 43.0. The maximum atomic E-state index is 12.6. The normalized spacial score (nSPS) is 12.8. The summed E-state index contributed by atoms with van der Waals surface area (Å²) in [6, 6.07) is 0. The van der Waals surface area contributed by atoms with Crippen molar-refractivity contribution in [3.63, 3.8) is 0 Å². The van der Waals surface area contributed by atoms with Crippen molar-refractivity contribution in [1.82, 2.24) is 0 Å². The molecule has 0 aromatic rings. The summed E-state index contributed by atoms with van der Waals surface area (Å²) in [5.74, 6) is -0.455. The lowest BCUT2D eigenvalue weighted by molar-refractivity contribution is -0.163. The standard InChI is InChI=1S/C47H82O5/c1-4-7-10-13-16-18-20-22-24-25-27-29-32-34-37-40-46(48)51-44-45(52-47(49)41-38-35-31-15-12-9-6-3)43-50-42-39-36-33-30-28-26-23-21-19-17-14-11-8-5-2/h7,10,16,18-19,21-22,24,27,29,45H,4-6,8-9,11-15,17,20,23,25-26,28,30-44H2,1-3H3/b10-7-,18-16-,21-19-,24-22-,29-27-. The molecule has 0 aliphatic carbocycles. The summed E-state index contributed by atoms with van der Waals surface area (Å²) in [5, 5.41) is 0. The Morgan fingerprint density at radius 1 is 0.442 bits per heavy atom. The van der Waals surface area contributed by atoms with Gasteiger partial charge < -0.3 is 14.2 Å². The Morgan fingerprint density at radius 3 is 1.46 bits per heavy atom. The molecule has 0 amide bonds. The molecule has 0 aromatic heterocycles. The lowest BCUT2D eigenvalue weighted by atomic mass is 10.1. The summed E-state index contributed by atoms with van der Waals surface area (Å²) in [4.78, 5) is 25.1. The smallest absolute Gasteiger partial charge is 0.306 e. The van der Waals surface area contributed by atoms with Gasteiger partial charge in [-0.1, -0.05) is 165 Å². The highest BCUT2D eigenvalue weighted by atomic mass is 16.6. The molecule has 0 saturated carbocycles. The summed E-state index contributed by atoms with van der Waals surface area (Å²) in [6.45, 7) is 7.60. The monoisotopic (exact) mass is 727 g/mol. The second-order valence-corrected chi connectivity index (χ2v) is 14.2. The number of unbranched alkanes of at least 4 members (excludes halogenated alkanes) is 18. The fourth-order valence-electron chi connectivity index (χ4n) is 5.79. The van der Waals surface area contributed by atoms with Crippen molar-refractivity contribution >= 4 is 11.9 Å². The molecule has 0 fully saturated rings. The van der Waals surface area contributed by atoms with Crippen molar-refractivity contribution in [2.75, 3.05) is 19.8 Å². The van der Waals surface area contributed by atoms with Crippen LogP contribution in [0.1, 0.15) is 201 Å². The van der Waals surface area contributed by atoms with Crippen molar-refractivity contribution in [3.8, 4) is 0 Å². The first-order valence-corrected chi connectivity index (χ1v) is 21.8. The zero-order chi connectivity index (χ0) is 37.8. The van der Waals surface area contributed by atoms with E-state index in [9.17, 15) is 9.59 Å². The molecule has 5 nitrogen and oxygen atoms in total. The molecular formula is C47H82O5. The van der Waals surface area contributed by atoms with E-state index >= 15 is 0 Å². The highest BCUT2D eigenvalue weighted by Gasteiger charge is 2.17. The van der Waals surface area contributed by atoms with Gasteiger partial charge in [0, 0.05) is 19.4 Å². The van der Waals surface area contributed by atoms with Crippen molar-refractivity contribution in [1.29, 1.82) is 0 Å². The number of esters is 2. The average Bonchev–Trinajstić information content (AvgIpc) is 3.14. The summed E-state index contributed by atoms with van der Waals surface area (Å²) >= 11 is 0. The van der Waals surface area contributed by atoms with E-state index in [1.165, 1.54) is 89.9 Å². The van der Waals surface area contributed by atoms with Gasteiger partial charge in [0.05, 0.1) is 6.61 Å². The van der Waals surface area contributed by atoms with E-state index < -0.39 is 6.10 Å². The largest absolute Gasteiger partial charge is 0.462 e. The quantitative estimate of drug-likeness (QED) is 0.0358. The van der Waals surface area contributed by atoms with Gasteiger partial charge in [-0.05, 0) is 83.5 Å². The fraction of sp³-hybridized carbons (Fsp3) is 0.745. The third-order valence-corrected chi connectivity index (χ3v) is 9.04. The van der Waals surface area contributed by atoms with E-state index in [4.69, 9.17) is 14.2 Å². The molecule has 0 rings (SSSR count). The SMILES string of the molecule is CC/C=C\C/C=C\C/C=C\C/C=C\CCCCC(=O)OCC(COCCCCCCCC/C=C\CCCCCC)OC(=O)CCCCCCCCC. The molecule has 0 radical (unpaired) electrons. The van der Waals surface area contributed by atoms with Crippen LogP contribution in [0, 0.1) is 0 Å². The van der Waals surface area contributed by atoms with Gasteiger partial charge in [-0.15, -0.1) is 0 Å². The van der Waals surface area contributed by atoms with Crippen molar-refractivity contribution in [3.05, 3.63) is 60.8 Å². The zero-order valence-corrected chi connectivity index (χ0v) is 34.3. The van der Waals surface area contributed by atoms with Gasteiger partial charge >= 0.3 is 11.9 Å². The van der Waals surface area contributed by atoms with E-state index in [2.05, 4.69) is 81.5 Å². The third kappa shape index (κ3) is 40.4. The zero-order valence-electron chi connectivity index (χ0n) is 34.3. The Morgan fingerprint density at radius 2 is 0.865 bits per heavy atom. The minimum Gasteiger partial charge on any atom is -0.462 e. The summed E-state index contributed by atoms with van der Waals surface area (Å²) in [6.07, 6.45) is 52.3. The molecule has 0 saturated heterocycles. The second-order valence-electron chi connectivity index (χ2n) is 14.2. The van der Waals surface area contributed by atoms with E-state index in [0.29, 0.717) is 19.4 Å². The Hall–Kier alpha value is -2.40. The van der Waals surface area contributed by atoms with E-state index in [0.717, 1.165) is 77.0 Å². The van der Waals surface area contributed by atoms with Crippen LogP contribution >= 0.6 is 0 Å². The van der Waals surface area contributed by atoms with Gasteiger partial charge in [0.15, 0.2) is 6.10 Å². The number of carbonyl (C=O) groups is 2. The van der Waals surface area contributed by atoms with E-state index in [1.807, 2.05) is 0 Å². The highest BCUT2D eigenvalue weighted by molar-refractivity contribution is 5.70. The fourth-order valence-corrected chi connectivity index (χ4v) is 5.79. The van der Waals surface area contributed by atoms with Crippen LogP contribution in [0.25, 0.3) is 0 Å². The van der Waals surface area contributed by atoms with Crippen molar-refractivity contribution < 1.29 is 23.8 Å². The minimum absolute atomic E-state index is 0.0612. The van der Waals surface area contributed by atoms with Crippen LogP contribution in [0.2, 0.25) is 0 Å². The van der Waals surface area contributed by atoms with Gasteiger partial charge in [0.25, 0.3) is 0 Å². The van der Waals surface area contributed by atoms with Crippen LogP contribution in [-0.4, -0.2) is 37.9 Å². The van der Waals surface area contributed by atoms with Crippen LogP contribution in [0.3, 0.4) is 0 Å². The molecule has 0 spiro atoms. The molecule has 0 bridgehead atoms. The Kier molecular flexibility index (Phi) is 41.0. The van der Waals surface area contributed by atoms with Crippen molar-refractivity contribution in [2.24, 2.45) is 0 Å².